The highest BCUT2D eigenvalue weighted by molar-refractivity contribution is 5.40. The van der Waals surface area contributed by atoms with Crippen LogP contribution in [0.3, 0.4) is 0 Å². The van der Waals surface area contributed by atoms with Gasteiger partial charge in [-0.25, -0.2) is 4.98 Å². The maximum atomic E-state index is 5.34. The highest BCUT2D eigenvalue weighted by Gasteiger charge is 1.94. The van der Waals surface area contributed by atoms with Gasteiger partial charge in [-0.05, 0) is 13.0 Å². The molecule has 0 saturated heterocycles. The highest BCUT2D eigenvalue weighted by Crippen LogP contribution is 2.13. The van der Waals surface area contributed by atoms with E-state index in [2.05, 4.69) is 16.9 Å². The molecular weight excluding hydrogens is 164 g/mol. The van der Waals surface area contributed by atoms with Crippen molar-refractivity contribution in [2.24, 2.45) is 0 Å². The van der Waals surface area contributed by atoms with Crippen LogP contribution in [0.2, 0.25) is 0 Å². The molecule has 0 amide bonds. The smallest absolute Gasteiger partial charge is 0.129 e. The SMILES string of the molecule is C=CCOc1ccnc(NCC)c1. The summed E-state index contributed by atoms with van der Waals surface area (Å²) < 4.78 is 5.34. The Morgan fingerprint density at radius 1 is 1.69 bits per heavy atom. The monoisotopic (exact) mass is 178 g/mol. The lowest BCUT2D eigenvalue weighted by atomic mass is 10.4. The van der Waals surface area contributed by atoms with Gasteiger partial charge in [0.2, 0.25) is 0 Å². The fourth-order valence-corrected chi connectivity index (χ4v) is 0.934. The van der Waals surface area contributed by atoms with E-state index in [1.807, 2.05) is 19.1 Å². The molecule has 70 valence electrons. The van der Waals surface area contributed by atoms with Gasteiger partial charge in [0.05, 0.1) is 0 Å². The Labute approximate surface area is 78.4 Å². The molecule has 3 heteroatoms. The van der Waals surface area contributed by atoms with E-state index in [-0.39, 0.29) is 0 Å². The van der Waals surface area contributed by atoms with Crippen molar-refractivity contribution in [1.29, 1.82) is 0 Å². The van der Waals surface area contributed by atoms with Crippen LogP contribution in [0, 0.1) is 0 Å². The lowest BCUT2D eigenvalue weighted by Crippen LogP contribution is -2.00. The lowest BCUT2D eigenvalue weighted by molar-refractivity contribution is 0.363. The van der Waals surface area contributed by atoms with Crippen LogP contribution < -0.4 is 10.1 Å². The average molecular weight is 178 g/mol. The van der Waals surface area contributed by atoms with Crippen LogP contribution in [0.1, 0.15) is 6.92 Å². The molecule has 0 unspecified atom stereocenters. The third kappa shape index (κ3) is 3.15. The molecule has 0 aliphatic heterocycles. The molecule has 0 aliphatic rings. The Balaban J connectivity index is 2.61. The Hall–Kier alpha value is -1.51. The molecule has 0 aromatic carbocycles. The second-order valence-electron chi connectivity index (χ2n) is 2.51. The van der Waals surface area contributed by atoms with E-state index in [4.69, 9.17) is 4.74 Å². The molecule has 0 bridgehead atoms. The molecule has 1 aromatic heterocycles. The minimum Gasteiger partial charge on any atom is -0.489 e. The van der Waals surface area contributed by atoms with Crippen LogP contribution in [0.5, 0.6) is 5.75 Å². The van der Waals surface area contributed by atoms with Gasteiger partial charge in [0.25, 0.3) is 0 Å². The lowest BCUT2D eigenvalue weighted by Gasteiger charge is -2.05. The van der Waals surface area contributed by atoms with E-state index < -0.39 is 0 Å². The first-order chi connectivity index (χ1) is 6.36. The van der Waals surface area contributed by atoms with Crippen LogP contribution in [0.4, 0.5) is 5.82 Å². The maximum Gasteiger partial charge on any atom is 0.129 e. The van der Waals surface area contributed by atoms with Crippen LogP contribution in [0.15, 0.2) is 31.0 Å². The van der Waals surface area contributed by atoms with Crippen molar-refractivity contribution >= 4 is 5.82 Å². The summed E-state index contributed by atoms with van der Waals surface area (Å²) in [7, 11) is 0. The summed E-state index contributed by atoms with van der Waals surface area (Å²) in [5.41, 5.74) is 0. The van der Waals surface area contributed by atoms with Crippen LogP contribution in [0.25, 0.3) is 0 Å². The number of hydrogen-bond acceptors (Lipinski definition) is 3. The van der Waals surface area contributed by atoms with Crippen LogP contribution >= 0.6 is 0 Å². The Morgan fingerprint density at radius 3 is 3.23 bits per heavy atom. The van der Waals surface area contributed by atoms with Gasteiger partial charge in [-0.2, -0.15) is 0 Å². The molecular formula is C10H14N2O. The molecule has 0 fully saturated rings. The Kier molecular flexibility index (Phi) is 3.82. The summed E-state index contributed by atoms with van der Waals surface area (Å²) in [5, 5.41) is 3.11. The summed E-state index contributed by atoms with van der Waals surface area (Å²) in [6, 6.07) is 3.69. The number of aromatic nitrogens is 1. The number of ether oxygens (including phenoxy) is 1. The van der Waals surface area contributed by atoms with Crippen molar-refractivity contribution in [2.45, 2.75) is 6.92 Å². The van der Waals surface area contributed by atoms with Crippen molar-refractivity contribution < 1.29 is 4.74 Å². The number of rotatable bonds is 5. The first-order valence-corrected chi connectivity index (χ1v) is 4.30. The van der Waals surface area contributed by atoms with E-state index >= 15 is 0 Å². The highest BCUT2D eigenvalue weighted by atomic mass is 16.5. The number of hydrogen-bond donors (Lipinski definition) is 1. The fraction of sp³-hybridized carbons (Fsp3) is 0.300. The van der Waals surface area contributed by atoms with E-state index in [0.29, 0.717) is 6.61 Å². The molecule has 1 aromatic rings. The maximum absolute atomic E-state index is 5.34. The molecule has 13 heavy (non-hydrogen) atoms. The average Bonchev–Trinajstić information content (AvgIpc) is 2.16. The molecule has 0 aliphatic carbocycles. The molecule has 1 heterocycles. The molecule has 0 radical (unpaired) electrons. The predicted octanol–water partition coefficient (Wildman–Crippen LogP) is 2.08. The van der Waals surface area contributed by atoms with Crippen molar-refractivity contribution in [3.8, 4) is 5.75 Å². The third-order valence-corrected chi connectivity index (χ3v) is 1.46. The normalized spacial score (nSPS) is 9.31. The van der Waals surface area contributed by atoms with Gasteiger partial charge in [0, 0.05) is 18.8 Å². The topological polar surface area (TPSA) is 34.1 Å². The van der Waals surface area contributed by atoms with Gasteiger partial charge < -0.3 is 10.1 Å². The van der Waals surface area contributed by atoms with Gasteiger partial charge in [0.15, 0.2) is 0 Å². The molecule has 0 spiro atoms. The first kappa shape index (κ1) is 9.58. The van der Waals surface area contributed by atoms with E-state index in [0.717, 1.165) is 18.1 Å². The second-order valence-corrected chi connectivity index (χ2v) is 2.51. The number of nitrogens with one attached hydrogen (secondary N) is 1. The number of anilines is 1. The minimum absolute atomic E-state index is 0.523. The first-order valence-electron chi connectivity index (χ1n) is 4.30. The van der Waals surface area contributed by atoms with Crippen molar-refractivity contribution in [3.05, 3.63) is 31.0 Å². The quantitative estimate of drug-likeness (QED) is 0.701. The van der Waals surface area contributed by atoms with Crippen LogP contribution in [-0.4, -0.2) is 18.1 Å². The summed E-state index contributed by atoms with van der Waals surface area (Å²) in [4.78, 5) is 4.12. The number of nitrogens with zero attached hydrogens (tertiary/aromatic N) is 1. The fourth-order valence-electron chi connectivity index (χ4n) is 0.934. The van der Waals surface area contributed by atoms with Gasteiger partial charge in [-0.1, -0.05) is 12.7 Å². The van der Waals surface area contributed by atoms with Gasteiger partial charge >= 0.3 is 0 Å². The van der Waals surface area contributed by atoms with Gasteiger partial charge in [-0.3, -0.25) is 0 Å². The zero-order chi connectivity index (χ0) is 9.52. The Bertz CT molecular complexity index is 273. The van der Waals surface area contributed by atoms with Crippen LogP contribution in [-0.2, 0) is 0 Å². The zero-order valence-electron chi connectivity index (χ0n) is 7.79. The summed E-state index contributed by atoms with van der Waals surface area (Å²) in [5.74, 6) is 1.65. The third-order valence-electron chi connectivity index (χ3n) is 1.46. The van der Waals surface area contributed by atoms with Crippen molar-refractivity contribution in [2.75, 3.05) is 18.5 Å². The van der Waals surface area contributed by atoms with Crippen molar-refractivity contribution in [1.82, 2.24) is 4.98 Å². The van der Waals surface area contributed by atoms with Crippen molar-refractivity contribution in [3.63, 3.8) is 0 Å². The van der Waals surface area contributed by atoms with E-state index in [9.17, 15) is 0 Å². The molecule has 0 saturated carbocycles. The van der Waals surface area contributed by atoms with Gasteiger partial charge in [0.1, 0.15) is 18.2 Å². The molecule has 1 rings (SSSR count). The minimum atomic E-state index is 0.523. The summed E-state index contributed by atoms with van der Waals surface area (Å²) >= 11 is 0. The largest absolute Gasteiger partial charge is 0.489 e. The predicted molar refractivity (Wildman–Crippen MR) is 54.1 cm³/mol. The second kappa shape index (κ2) is 5.19. The summed E-state index contributed by atoms with van der Waals surface area (Å²) in [6.07, 6.45) is 3.43. The van der Waals surface area contributed by atoms with Gasteiger partial charge in [-0.15, -0.1) is 0 Å². The zero-order valence-corrected chi connectivity index (χ0v) is 7.79. The molecule has 3 nitrogen and oxygen atoms in total. The van der Waals surface area contributed by atoms with E-state index in [1.54, 1.807) is 12.3 Å². The number of pyridine rings is 1. The standard InChI is InChI=1S/C10H14N2O/c1-3-7-13-9-5-6-12-10(8-9)11-4-2/h3,5-6,8H,1,4,7H2,2H3,(H,11,12). The van der Waals surface area contributed by atoms with E-state index in [1.165, 1.54) is 0 Å². The molecule has 0 atom stereocenters. The molecule has 1 N–H and O–H groups in total. The Morgan fingerprint density at radius 2 is 2.54 bits per heavy atom. The summed E-state index contributed by atoms with van der Waals surface area (Å²) in [6.45, 7) is 6.99.